The number of aryl methyl sites for hydroxylation is 2. The number of anilines is 1. The van der Waals surface area contributed by atoms with Crippen molar-refractivity contribution < 1.29 is 4.74 Å². The van der Waals surface area contributed by atoms with Gasteiger partial charge in [0, 0.05) is 25.9 Å². The highest BCUT2D eigenvalue weighted by atomic mass is 16.5. The van der Waals surface area contributed by atoms with Gasteiger partial charge < -0.3 is 10.1 Å². The van der Waals surface area contributed by atoms with Crippen LogP contribution in [0.3, 0.4) is 0 Å². The van der Waals surface area contributed by atoms with Crippen molar-refractivity contribution in [2.45, 2.75) is 13.5 Å². The van der Waals surface area contributed by atoms with Crippen LogP contribution in [0.5, 0.6) is 5.88 Å². The zero-order valence-electron chi connectivity index (χ0n) is 11.1. The van der Waals surface area contributed by atoms with Crippen LogP contribution in [-0.4, -0.2) is 21.9 Å². The number of nitrogens with one attached hydrogen (secondary N) is 1. The molecule has 0 amide bonds. The molecule has 0 saturated carbocycles. The second kappa shape index (κ2) is 5.40. The lowest BCUT2D eigenvalue weighted by Gasteiger charge is -2.08. The van der Waals surface area contributed by atoms with Crippen LogP contribution in [0, 0.1) is 18.3 Å². The molecule has 2 aromatic rings. The molecule has 0 aliphatic rings. The van der Waals surface area contributed by atoms with Gasteiger partial charge in [0.2, 0.25) is 5.88 Å². The Morgan fingerprint density at radius 1 is 1.53 bits per heavy atom. The van der Waals surface area contributed by atoms with E-state index >= 15 is 0 Å². The fraction of sp³-hybridized carbons (Fsp3) is 0.308. The predicted octanol–water partition coefficient (Wildman–Crippen LogP) is 1.62. The molecule has 0 radical (unpaired) electrons. The van der Waals surface area contributed by atoms with Crippen molar-refractivity contribution in [2.24, 2.45) is 7.05 Å². The smallest absolute Gasteiger partial charge is 0.213 e. The van der Waals surface area contributed by atoms with E-state index in [0.29, 0.717) is 18.0 Å². The van der Waals surface area contributed by atoms with Gasteiger partial charge in [-0.05, 0) is 18.6 Å². The Morgan fingerprint density at radius 2 is 2.32 bits per heavy atom. The van der Waals surface area contributed by atoms with Gasteiger partial charge in [0.15, 0.2) is 0 Å². The van der Waals surface area contributed by atoms with Crippen LogP contribution in [0.1, 0.15) is 16.8 Å². The van der Waals surface area contributed by atoms with Crippen molar-refractivity contribution in [3.05, 3.63) is 35.2 Å². The van der Waals surface area contributed by atoms with E-state index in [1.807, 2.05) is 26.1 Å². The first kappa shape index (κ1) is 12.9. The van der Waals surface area contributed by atoms with Crippen LogP contribution >= 0.6 is 0 Å². The largest absolute Gasteiger partial charge is 0.481 e. The molecule has 0 saturated heterocycles. The van der Waals surface area contributed by atoms with E-state index in [2.05, 4.69) is 21.5 Å². The van der Waals surface area contributed by atoms with Gasteiger partial charge in [-0.25, -0.2) is 4.98 Å². The van der Waals surface area contributed by atoms with Gasteiger partial charge in [-0.15, -0.1) is 0 Å². The summed E-state index contributed by atoms with van der Waals surface area (Å²) in [6, 6.07) is 5.90. The molecule has 2 rings (SSSR count). The molecule has 0 aromatic carbocycles. The highest BCUT2D eigenvalue weighted by Crippen LogP contribution is 2.18. The quantitative estimate of drug-likeness (QED) is 0.900. The molecule has 6 heteroatoms. The number of hydrogen-bond donors (Lipinski definition) is 1. The van der Waals surface area contributed by atoms with Crippen LogP contribution < -0.4 is 10.1 Å². The summed E-state index contributed by atoms with van der Waals surface area (Å²) >= 11 is 0. The lowest BCUT2D eigenvalue weighted by atomic mass is 10.2. The number of pyridine rings is 1. The molecule has 0 atom stereocenters. The van der Waals surface area contributed by atoms with E-state index in [1.54, 1.807) is 18.0 Å². The van der Waals surface area contributed by atoms with Gasteiger partial charge in [0.25, 0.3) is 0 Å². The van der Waals surface area contributed by atoms with Crippen LogP contribution in [0.2, 0.25) is 0 Å². The van der Waals surface area contributed by atoms with Crippen molar-refractivity contribution >= 4 is 5.82 Å². The number of ether oxygens (including phenoxy) is 1. The van der Waals surface area contributed by atoms with Crippen LogP contribution in [0.15, 0.2) is 18.3 Å². The first-order valence-corrected chi connectivity index (χ1v) is 5.82. The number of rotatable bonds is 4. The number of hydrogen-bond acceptors (Lipinski definition) is 5. The highest BCUT2D eigenvalue weighted by Gasteiger charge is 2.12. The summed E-state index contributed by atoms with van der Waals surface area (Å²) in [5.41, 5.74) is 2.32. The number of aromatic nitrogens is 3. The van der Waals surface area contributed by atoms with Crippen LogP contribution in [0.4, 0.5) is 5.82 Å². The summed E-state index contributed by atoms with van der Waals surface area (Å²) in [5, 5.41) is 16.6. The summed E-state index contributed by atoms with van der Waals surface area (Å²) in [6.45, 7) is 2.39. The fourth-order valence-electron chi connectivity index (χ4n) is 1.85. The Bertz CT molecular complexity index is 626. The average Bonchev–Trinajstić information content (AvgIpc) is 2.70. The highest BCUT2D eigenvalue weighted by molar-refractivity contribution is 5.55. The Kier molecular flexibility index (Phi) is 3.66. The molecular formula is C13H15N5O. The normalized spacial score (nSPS) is 10.0. The van der Waals surface area contributed by atoms with Crippen LogP contribution in [-0.2, 0) is 13.6 Å². The maximum Gasteiger partial charge on any atom is 0.213 e. The molecule has 0 fully saturated rings. The predicted molar refractivity (Wildman–Crippen MR) is 70.8 cm³/mol. The molecule has 0 unspecified atom stereocenters. The molecule has 6 nitrogen and oxygen atoms in total. The number of nitrogens with zero attached hydrogens (tertiary/aromatic N) is 4. The standard InChI is InChI=1S/C13H15N5O/c1-9-11(7-14)13(18(2)17-9)16-8-10-4-5-15-12(6-10)19-3/h4-6,16H,8H2,1-3H3. The van der Waals surface area contributed by atoms with E-state index in [0.717, 1.165) is 17.1 Å². The van der Waals surface area contributed by atoms with Gasteiger partial charge in [-0.3, -0.25) is 4.68 Å². The van der Waals surface area contributed by atoms with Crippen LogP contribution in [0.25, 0.3) is 0 Å². The second-order valence-corrected chi connectivity index (χ2v) is 4.10. The Morgan fingerprint density at radius 3 is 3.00 bits per heavy atom. The lowest BCUT2D eigenvalue weighted by Crippen LogP contribution is -2.06. The zero-order valence-corrected chi connectivity index (χ0v) is 11.1. The lowest BCUT2D eigenvalue weighted by molar-refractivity contribution is 0.397. The Balaban J connectivity index is 2.17. The number of nitriles is 1. The molecule has 2 aromatic heterocycles. The minimum atomic E-state index is 0.570. The van der Waals surface area contributed by atoms with Crippen molar-refractivity contribution in [3.63, 3.8) is 0 Å². The monoisotopic (exact) mass is 257 g/mol. The third kappa shape index (κ3) is 2.65. The molecular weight excluding hydrogens is 242 g/mol. The number of methoxy groups -OCH3 is 1. The van der Waals surface area contributed by atoms with Crippen molar-refractivity contribution in [3.8, 4) is 11.9 Å². The molecule has 2 heterocycles. The van der Waals surface area contributed by atoms with Crippen molar-refractivity contribution in [2.75, 3.05) is 12.4 Å². The van der Waals surface area contributed by atoms with Crippen molar-refractivity contribution in [1.82, 2.24) is 14.8 Å². The summed E-state index contributed by atoms with van der Waals surface area (Å²) in [7, 11) is 3.39. The third-order valence-corrected chi connectivity index (χ3v) is 2.80. The van der Waals surface area contributed by atoms with Gasteiger partial charge in [-0.1, -0.05) is 0 Å². The first-order valence-electron chi connectivity index (χ1n) is 5.82. The Labute approximate surface area is 111 Å². The molecule has 0 spiro atoms. The molecule has 19 heavy (non-hydrogen) atoms. The second-order valence-electron chi connectivity index (χ2n) is 4.10. The average molecular weight is 257 g/mol. The molecule has 0 aliphatic heterocycles. The molecule has 98 valence electrons. The first-order chi connectivity index (χ1) is 9.15. The van der Waals surface area contributed by atoms with E-state index < -0.39 is 0 Å². The fourth-order valence-corrected chi connectivity index (χ4v) is 1.85. The van der Waals surface area contributed by atoms with E-state index in [-0.39, 0.29) is 0 Å². The summed E-state index contributed by atoms with van der Waals surface area (Å²) in [5.74, 6) is 1.29. The van der Waals surface area contributed by atoms with Gasteiger partial charge >= 0.3 is 0 Å². The zero-order chi connectivity index (χ0) is 13.8. The minimum Gasteiger partial charge on any atom is -0.481 e. The van der Waals surface area contributed by atoms with Crippen molar-refractivity contribution in [1.29, 1.82) is 5.26 Å². The topological polar surface area (TPSA) is 75.8 Å². The molecule has 0 aliphatic carbocycles. The summed E-state index contributed by atoms with van der Waals surface area (Å²) in [6.07, 6.45) is 1.69. The molecule has 1 N–H and O–H groups in total. The van der Waals surface area contributed by atoms with E-state index in [4.69, 9.17) is 10.00 Å². The van der Waals surface area contributed by atoms with Gasteiger partial charge in [0.05, 0.1) is 12.8 Å². The maximum absolute atomic E-state index is 9.12. The minimum absolute atomic E-state index is 0.570. The SMILES string of the molecule is COc1cc(CNc2c(C#N)c(C)nn2C)ccn1. The summed E-state index contributed by atoms with van der Waals surface area (Å²) < 4.78 is 6.74. The van der Waals surface area contributed by atoms with E-state index in [9.17, 15) is 0 Å². The van der Waals surface area contributed by atoms with E-state index in [1.165, 1.54) is 0 Å². The third-order valence-electron chi connectivity index (χ3n) is 2.80. The van der Waals surface area contributed by atoms with Gasteiger partial charge in [0.1, 0.15) is 17.5 Å². The molecule has 0 bridgehead atoms. The maximum atomic E-state index is 9.12. The summed E-state index contributed by atoms with van der Waals surface area (Å²) in [4.78, 5) is 4.05. The van der Waals surface area contributed by atoms with Gasteiger partial charge in [-0.2, -0.15) is 10.4 Å². The Hall–Kier alpha value is -2.55.